The number of carbonyl (C=O) groups is 2. The smallest absolute Gasteiger partial charge is 0.317 e. The molecule has 6 nitrogen and oxygen atoms in total. The number of urea groups is 1. The third-order valence-electron chi connectivity index (χ3n) is 3.88. The minimum Gasteiger partial charge on any atom is -0.497 e. The van der Waals surface area contributed by atoms with Gasteiger partial charge in [-0.05, 0) is 37.0 Å². The highest BCUT2D eigenvalue weighted by Crippen LogP contribution is 2.16. The van der Waals surface area contributed by atoms with Crippen molar-refractivity contribution in [2.45, 2.75) is 19.3 Å². The number of carboxylic acid groups (broad SMARTS) is 1. The van der Waals surface area contributed by atoms with E-state index in [1.165, 1.54) is 0 Å². The zero-order valence-electron chi connectivity index (χ0n) is 12.7. The SMILES string of the molecule is COc1cccc(CCNC(=O)N2CCCC(C(=O)O)C2)c1. The van der Waals surface area contributed by atoms with Gasteiger partial charge in [-0.2, -0.15) is 0 Å². The number of hydrogen-bond donors (Lipinski definition) is 2. The van der Waals surface area contributed by atoms with Gasteiger partial charge in [-0.15, -0.1) is 0 Å². The van der Waals surface area contributed by atoms with Crippen LogP contribution in [-0.4, -0.2) is 48.8 Å². The van der Waals surface area contributed by atoms with Gasteiger partial charge in [0.15, 0.2) is 0 Å². The van der Waals surface area contributed by atoms with Gasteiger partial charge in [0.1, 0.15) is 5.75 Å². The molecule has 1 aromatic carbocycles. The standard InChI is InChI=1S/C16H22N2O4/c1-22-14-6-2-4-12(10-14)7-8-17-16(21)18-9-3-5-13(11-18)15(19)20/h2,4,6,10,13H,3,5,7-9,11H2,1H3,(H,17,21)(H,19,20). The number of piperidine rings is 1. The lowest BCUT2D eigenvalue weighted by Gasteiger charge is -2.30. The van der Waals surface area contributed by atoms with Gasteiger partial charge in [-0.1, -0.05) is 12.1 Å². The lowest BCUT2D eigenvalue weighted by atomic mass is 9.99. The van der Waals surface area contributed by atoms with Crippen LogP contribution in [0.3, 0.4) is 0 Å². The molecule has 1 aromatic rings. The van der Waals surface area contributed by atoms with Gasteiger partial charge in [-0.3, -0.25) is 4.79 Å². The monoisotopic (exact) mass is 306 g/mol. The van der Waals surface area contributed by atoms with Crippen LogP contribution in [0.1, 0.15) is 18.4 Å². The van der Waals surface area contributed by atoms with E-state index in [1.807, 2.05) is 24.3 Å². The van der Waals surface area contributed by atoms with Crippen LogP contribution in [0.5, 0.6) is 5.75 Å². The number of rotatable bonds is 5. The van der Waals surface area contributed by atoms with Crippen LogP contribution < -0.4 is 10.1 Å². The summed E-state index contributed by atoms with van der Waals surface area (Å²) in [6.45, 7) is 1.43. The average molecular weight is 306 g/mol. The lowest BCUT2D eigenvalue weighted by molar-refractivity contribution is -0.143. The van der Waals surface area contributed by atoms with E-state index in [1.54, 1.807) is 12.0 Å². The second kappa shape index (κ2) is 7.68. The summed E-state index contributed by atoms with van der Waals surface area (Å²) in [6.07, 6.45) is 2.09. The largest absolute Gasteiger partial charge is 0.497 e. The molecule has 0 spiro atoms. The Kier molecular flexibility index (Phi) is 5.63. The Labute approximate surface area is 130 Å². The van der Waals surface area contributed by atoms with Crippen molar-refractivity contribution in [2.75, 3.05) is 26.7 Å². The van der Waals surface area contributed by atoms with Crippen LogP contribution in [0.4, 0.5) is 4.79 Å². The van der Waals surface area contributed by atoms with Crippen LogP contribution in [0.2, 0.25) is 0 Å². The highest BCUT2D eigenvalue weighted by atomic mass is 16.5. The number of nitrogens with zero attached hydrogens (tertiary/aromatic N) is 1. The molecule has 2 rings (SSSR count). The van der Waals surface area contributed by atoms with Crippen LogP contribution >= 0.6 is 0 Å². The van der Waals surface area contributed by atoms with Crippen molar-refractivity contribution >= 4 is 12.0 Å². The number of amides is 2. The first-order valence-corrected chi connectivity index (χ1v) is 7.48. The molecule has 1 heterocycles. The van der Waals surface area contributed by atoms with Gasteiger partial charge in [-0.25, -0.2) is 4.79 Å². The van der Waals surface area contributed by atoms with E-state index in [0.29, 0.717) is 32.5 Å². The van der Waals surface area contributed by atoms with Crippen molar-refractivity contribution in [3.8, 4) is 5.75 Å². The number of carboxylic acids is 1. The predicted octanol–water partition coefficient (Wildman–Crippen LogP) is 1.74. The van der Waals surface area contributed by atoms with Crippen molar-refractivity contribution in [3.63, 3.8) is 0 Å². The number of likely N-dealkylation sites (tertiary alicyclic amines) is 1. The molecule has 1 atom stereocenters. The summed E-state index contributed by atoms with van der Waals surface area (Å²) in [5.74, 6) is -0.476. The summed E-state index contributed by atoms with van der Waals surface area (Å²) in [5, 5.41) is 11.9. The second-order valence-electron chi connectivity index (χ2n) is 5.46. The summed E-state index contributed by atoms with van der Waals surface area (Å²) in [4.78, 5) is 24.7. The van der Waals surface area contributed by atoms with E-state index >= 15 is 0 Å². The topological polar surface area (TPSA) is 78.9 Å². The highest BCUT2D eigenvalue weighted by molar-refractivity contribution is 5.76. The van der Waals surface area contributed by atoms with Crippen LogP contribution in [-0.2, 0) is 11.2 Å². The summed E-state index contributed by atoms with van der Waals surface area (Å²) in [5.41, 5.74) is 1.08. The van der Waals surface area contributed by atoms with Crippen molar-refractivity contribution < 1.29 is 19.4 Å². The molecule has 1 fully saturated rings. The maximum Gasteiger partial charge on any atom is 0.317 e. The van der Waals surface area contributed by atoms with Gasteiger partial charge in [0.25, 0.3) is 0 Å². The normalized spacial score (nSPS) is 17.9. The van der Waals surface area contributed by atoms with Crippen molar-refractivity contribution in [1.82, 2.24) is 10.2 Å². The summed E-state index contributed by atoms with van der Waals surface area (Å²) in [7, 11) is 1.62. The molecule has 0 aliphatic carbocycles. The number of aliphatic carboxylic acids is 1. The van der Waals surface area contributed by atoms with Crippen molar-refractivity contribution in [3.05, 3.63) is 29.8 Å². The number of ether oxygens (including phenoxy) is 1. The number of benzene rings is 1. The second-order valence-corrected chi connectivity index (χ2v) is 5.46. The van der Waals surface area contributed by atoms with Gasteiger partial charge >= 0.3 is 12.0 Å². The fraction of sp³-hybridized carbons (Fsp3) is 0.500. The first-order valence-electron chi connectivity index (χ1n) is 7.48. The molecule has 2 amide bonds. The molecule has 6 heteroatoms. The van der Waals surface area contributed by atoms with E-state index in [0.717, 1.165) is 17.7 Å². The third kappa shape index (κ3) is 4.38. The number of hydrogen-bond acceptors (Lipinski definition) is 3. The number of methoxy groups -OCH3 is 1. The number of nitrogens with one attached hydrogen (secondary N) is 1. The minimum absolute atomic E-state index is 0.186. The third-order valence-corrected chi connectivity index (χ3v) is 3.88. The molecule has 0 radical (unpaired) electrons. The molecule has 1 aliphatic heterocycles. The number of carbonyl (C=O) groups excluding carboxylic acids is 1. The maximum atomic E-state index is 12.1. The molecule has 0 aromatic heterocycles. The van der Waals surface area contributed by atoms with E-state index in [9.17, 15) is 9.59 Å². The maximum absolute atomic E-state index is 12.1. The molecule has 1 aliphatic rings. The quantitative estimate of drug-likeness (QED) is 0.868. The molecule has 2 N–H and O–H groups in total. The van der Waals surface area contributed by atoms with Gasteiger partial charge < -0.3 is 20.1 Å². The highest BCUT2D eigenvalue weighted by Gasteiger charge is 2.27. The molecule has 120 valence electrons. The van der Waals surface area contributed by atoms with Crippen LogP contribution in [0.25, 0.3) is 0 Å². The van der Waals surface area contributed by atoms with E-state index in [2.05, 4.69) is 5.32 Å². The fourth-order valence-corrected chi connectivity index (χ4v) is 2.62. The van der Waals surface area contributed by atoms with Gasteiger partial charge in [0, 0.05) is 19.6 Å². The summed E-state index contributed by atoms with van der Waals surface area (Å²) in [6, 6.07) is 7.53. The van der Waals surface area contributed by atoms with Crippen LogP contribution in [0.15, 0.2) is 24.3 Å². The molecule has 0 bridgehead atoms. The molecule has 22 heavy (non-hydrogen) atoms. The predicted molar refractivity (Wildman–Crippen MR) is 82.0 cm³/mol. The van der Waals surface area contributed by atoms with E-state index in [-0.39, 0.29) is 6.03 Å². The Morgan fingerprint density at radius 2 is 2.27 bits per heavy atom. The minimum atomic E-state index is -0.825. The van der Waals surface area contributed by atoms with Crippen molar-refractivity contribution in [1.29, 1.82) is 0 Å². The Bertz CT molecular complexity index is 533. The summed E-state index contributed by atoms with van der Waals surface area (Å²) >= 11 is 0. The molecule has 1 unspecified atom stereocenters. The van der Waals surface area contributed by atoms with Gasteiger partial charge in [0.05, 0.1) is 13.0 Å². The van der Waals surface area contributed by atoms with E-state index < -0.39 is 11.9 Å². The average Bonchev–Trinajstić information content (AvgIpc) is 2.55. The Hall–Kier alpha value is -2.24. The Balaban J connectivity index is 1.78. The Morgan fingerprint density at radius 1 is 1.45 bits per heavy atom. The van der Waals surface area contributed by atoms with Crippen LogP contribution in [0, 0.1) is 5.92 Å². The molecular weight excluding hydrogens is 284 g/mol. The molecular formula is C16H22N2O4. The van der Waals surface area contributed by atoms with Gasteiger partial charge in [0.2, 0.25) is 0 Å². The molecule has 0 saturated carbocycles. The fourth-order valence-electron chi connectivity index (χ4n) is 2.62. The summed E-state index contributed by atoms with van der Waals surface area (Å²) < 4.78 is 5.16. The lowest BCUT2D eigenvalue weighted by Crippen LogP contribution is -2.47. The Morgan fingerprint density at radius 3 is 3.00 bits per heavy atom. The first-order chi connectivity index (χ1) is 10.6. The van der Waals surface area contributed by atoms with Crippen molar-refractivity contribution in [2.24, 2.45) is 5.92 Å². The zero-order chi connectivity index (χ0) is 15.9. The zero-order valence-corrected chi connectivity index (χ0v) is 12.7. The molecule has 1 saturated heterocycles. The first kappa shape index (κ1) is 16.1. The van der Waals surface area contributed by atoms with E-state index in [4.69, 9.17) is 9.84 Å².